The number of piperidine rings is 1. The molecule has 3 N–H and O–H groups in total. The molecule has 0 unspecified atom stereocenters. The van der Waals surface area contributed by atoms with Gasteiger partial charge < -0.3 is 15.5 Å². The minimum Gasteiger partial charge on any atom is -0.388 e. The Morgan fingerprint density at radius 1 is 1.06 bits per heavy atom. The van der Waals surface area contributed by atoms with Crippen molar-refractivity contribution < 1.29 is 0 Å². The number of amidine groups is 1. The first-order valence-corrected chi connectivity index (χ1v) is 7.01. The molecule has 0 amide bonds. The second-order valence-electron chi connectivity index (χ2n) is 5.57. The molecule has 17 heavy (non-hydrogen) atoms. The van der Waals surface area contributed by atoms with Gasteiger partial charge in [0.2, 0.25) is 0 Å². The Bertz CT molecular complexity index is 240. The van der Waals surface area contributed by atoms with Crippen LogP contribution in [0, 0.1) is 11.3 Å². The van der Waals surface area contributed by atoms with E-state index in [-0.39, 0.29) is 0 Å². The lowest BCUT2D eigenvalue weighted by Crippen LogP contribution is -2.39. The second kappa shape index (κ2) is 6.36. The number of rotatable bonds is 5. The summed E-state index contributed by atoms with van der Waals surface area (Å²) in [7, 11) is 0. The monoisotopic (exact) mass is 238 g/mol. The maximum atomic E-state index is 7.25. The van der Waals surface area contributed by atoms with Gasteiger partial charge in [0.05, 0.1) is 5.84 Å². The molecule has 2 heterocycles. The van der Waals surface area contributed by atoms with Crippen LogP contribution in [0.2, 0.25) is 0 Å². The summed E-state index contributed by atoms with van der Waals surface area (Å²) in [5.74, 6) is 1.23. The average molecular weight is 238 g/mol. The molecule has 2 saturated heterocycles. The normalized spacial score (nSPS) is 24.2. The molecule has 0 radical (unpaired) electrons. The van der Waals surface area contributed by atoms with Crippen LogP contribution in [-0.4, -0.2) is 54.9 Å². The Hall–Kier alpha value is -0.610. The average Bonchev–Trinajstić information content (AvgIpc) is 2.81. The molecule has 2 rings (SSSR count). The fourth-order valence-electron chi connectivity index (χ4n) is 3.00. The van der Waals surface area contributed by atoms with Crippen molar-refractivity contribution in [1.82, 2.24) is 9.80 Å². The summed E-state index contributed by atoms with van der Waals surface area (Å²) >= 11 is 0. The number of likely N-dealkylation sites (tertiary alicyclic amines) is 2. The Labute approximate surface area is 105 Å². The largest absolute Gasteiger partial charge is 0.388 e. The predicted molar refractivity (Wildman–Crippen MR) is 71.4 cm³/mol. The molecule has 0 bridgehead atoms. The molecule has 0 spiro atoms. The van der Waals surface area contributed by atoms with Crippen molar-refractivity contribution in [3.8, 4) is 0 Å². The van der Waals surface area contributed by atoms with Gasteiger partial charge in [-0.25, -0.2) is 0 Å². The van der Waals surface area contributed by atoms with Crippen molar-refractivity contribution in [3.05, 3.63) is 0 Å². The predicted octanol–water partition coefficient (Wildman–Crippen LogP) is 1.12. The number of nitrogens with zero attached hydrogens (tertiary/aromatic N) is 2. The van der Waals surface area contributed by atoms with E-state index in [1.54, 1.807) is 0 Å². The van der Waals surface area contributed by atoms with Crippen molar-refractivity contribution in [1.29, 1.82) is 5.41 Å². The van der Waals surface area contributed by atoms with Crippen molar-refractivity contribution in [2.75, 3.05) is 39.3 Å². The summed E-state index contributed by atoms with van der Waals surface area (Å²) in [6, 6.07) is 0. The molecule has 0 aromatic carbocycles. The van der Waals surface area contributed by atoms with Gasteiger partial charge in [0.25, 0.3) is 0 Å². The van der Waals surface area contributed by atoms with Crippen LogP contribution in [0.15, 0.2) is 0 Å². The summed E-state index contributed by atoms with van der Waals surface area (Å²) in [5.41, 5.74) is 5.40. The van der Waals surface area contributed by atoms with Crippen LogP contribution in [0.4, 0.5) is 0 Å². The molecule has 0 aliphatic carbocycles. The molecular weight excluding hydrogens is 212 g/mol. The number of hydrogen-bond donors (Lipinski definition) is 2. The van der Waals surface area contributed by atoms with Crippen molar-refractivity contribution in [3.63, 3.8) is 0 Å². The molecule has 4 nitrogen and oxygen atoms in total. The van der Waals surface area contributed by atoms with E-state index in [4.69, 9.17) is 11.1 Å². The van der Waals surface area contributed by atoms with E-state index in [0.29, 0.717) is 5.84 Å². The Balaban J connectivity index is 1.61. The zero-order valence-electron chi connectivity index (χ0n) is 10.8. The maximum Gasteiger partial charge on any atom is 0.0918 e. The molecule has 0 saturated carbocycles. The number of hydrogen-bond acceptors (Lipinski definition) is 3. The first-order valence-electron chi connectivity index (χ1n) is 7.01. The molecule has 0 aromatic rings. The van der Waals surface area contributed by atoms with E-state index in [0.717, 1.165) is 18.9 Å². The third kappa shape index (κ3) is 4.28. The first-order chi connectivity index (χ1) is 8.24. The smallest absolute Gasteiger partial charge is 0.0918 e. The highest BCUT2D eigenvalue weighted by Crippen LogP contribution is 2.20. The summed E-state index contributed by atoms with van der Waals surface area (Å²) in [6.07, 6.45) is 6.19. The maximum absolute atomic E-state index is 7.25. The van der Waals surface area contributed by atoms with Gasteiger partial charge in [-0.15, -0.1) is 0 Å². The summed E-state index contributed by atoms with van der Waals surface area (Å²) < 4.78 is 0. The Kier molecular flexibility index (Phi) is 4.80. The van der Waals surface area contributed by atoms with Crippen LogP contribution in [0.3, 0.4) is 0 Å². The van der Waals surface area contributed by atoms with Gasteiger partial charge in [-0.2, -0.15) is 0 Å². The highest BCUT2D eigenvalue weighted by atomic mass is 15.2. The van der Waals surface area contributed by atoms with Crippen LogP contribution < -0.4 is 5.73 Å². The van der Waals surface area contributed by atoms with Crippen LogP contribution in [0.25, 0.3) is 0 Å². The van der Waals surface area contributed by atoms with Gasteiger partial charge in [0, 0.05) is 19.5 Å². The quantitative estimate of drug-likeness (QED) is 0.557. The fourth-order valence-corrected chi connectivity index (χ4v) is 3.00. The van der Waals surface area contributed by atoms with Gasteiger partial charge in [-0.05, 0) is 57.8 Å². The zero-order chi connectivity index (χ0) is 12.1. The first kappa shape index (κ1) is 12.8. The molecule has 2 aliphatic heterocycles. The lowest BCUT2D eigenvalue weighted by atomic mass is 9.96. The van der Waals surface area contributed by atoms with Gasteiger partial charge in [-0.1, -0.05) is 0 Å². The van der Waals surface area contributed by atoms with E-state index in [9.17, 15) is 0 Å². The third-order valence-corrected chi connectivity index (χ3v) is 4.12. The number of nitrogens with two attached hydrogens (primary N) is 1. The summed E-state index contributed by atoms with van der Waals surface area (Å²) in [5, 5.41) is 7.25. The van der Waals surface area contributed by atoms with Gasteiger partial charge in [-0.3, -0.25) is 5.41 Å². The minimum atomic E-state index is 0.323. The van der Waals surface area contributed by atoms with E-state index in [1.807, 2.05) is 0 Å². The lowest BCUT2D eigenvalue weighted by molar-refractivity contribution is 0.157. The van der Waals surface area contributed by atoms with Gasteiger partial charge >= 0.3 is 0 Å². The number of nitrogens with one attached hydrogen (secondary N) is 1. The van der Waals surface area contributed by atoms with E-state index < -0.39 is 0 Å². The summed E-state index contributed by atoms with van der Waals surface area (Å²) in [4.78, 5) is 5.10. The topological polar surface area (TPSA) is 56.4 Å². The highest BCUT2D eigenvalue weighted by molar-refractivity contribution is 5.76. The van der Waals surface area contributed by atoms with Gasteiger partial charge in [0.1, 0.15) is 0 Å². The van der Waals surface area contributed by atoms with Gasteiger partial charge in [0.15, 0.2) is 0 Å². The van der Waals surface area contributed by atoms with E-state index >= 15 is 0 Å². The second-order valence-corrected chi connectivity index (χ2v) is 5.57. The van der Waals surface area contributed by atoms with Crippen LogP contribution in [-0.2, 0) is 0 Å². The highest BCUT2D eigenvalue weighted by Gasteiger charge is 2.22. The minimum absolute atomic E-state index is 0.323. The van der Waals surface area contributed by atoms with Crippen LogP contribution >= 0.6 is 0 Å². The summed E-state index contributed by atoms with van der Waals surface area (Å²) in [6.45, 7) is 7.35. The molecular formula is C13H26N4. The molecule has 4 heteroatoms. The molecule has 2 aliphatic rings. The van der Waals surface area contributed by atoms with Crippen LogP contribution in [0.5, 0.6) is 0 Å². The lowest BCUT2D eigenvalue weighted by Gasteiger charge is -2.33. The van der Waals surface area contributed by atoms with Crippen molar-refractivity contribution in [2.45, 2.75) is 32.1 Å². The Morgan fingerprint density at radius 3 is 2.29 bits per heavy atom. The Morgan fingerprint density at radius 2 is 1.71 bits per heavy atom. The molecule has 2 fully saturated rings. The van der Waals surface area contributed by atoms with Crippen molar-refractivity contribution >= 4 is 5.84 Å². The fraction of sp³-hybridized carbons (Fsp3) is 0.923. The third-order valence-electron chi connectivity index (χ3n) is 4.12. The molecule has 98 valence electrons. The van der Waals surface area contributed by atoms with Crippen molar-refractivity contribution in [2.24, 2.45) is 11.7 Å². The van der Waals surface area contributed by atoms with E-state index in [1.165, 1.54) is 58.4 Å². The SMILES string of the molecule is N=C(N)CCN1CCC(CN2CCCC2)CC1. The molecule has 0 aromatic heterocycles. The van der Waals surface area contributed by atoms with Crippen LogP contribution in [0.1, 0.15) is 32.1 Å². The zero-order valence-corrected chi connectivity index (χ0v) is 10.8. The molecule has 0 atom stereocenters. The standard InChI is InChI=1S/C13H26N4/c14-13(15)5-10-16-8-3-12(4-9-16)11-17-6-1-2-7-17/h12H,1-11H2,(H3,14,15). The van der Waals surface area contributed by atoms with E-state index in [2.05, 4.69) is 9.80 Å².